The van der Waals surface area contributed by atoms with Gasteiger partial charge in [0, 0.05) is 50.9 Å². The number of hydrogen-bond acceptors (Lipinski definition) is 9. The molecule has 1 spiro atoms. The zero-order chi connectivity index (χ0) is 24.2. The van der Waals surface area contributed by atoms with Crippen LogP contribution in [0.2, 0.25) is 0 Å². The lowest BCUT2D eigenvalue weighted by Gasteiger charge is -2.41. The highest BCUT2D eigenvalue weighted by molar-refractivity contribution is 5.98. The molecular weight excluding hydrogens is 448 g/mol. The van der Waals surface area contributed by atoms with E-state index in [1.54, 1.807) is 18.1 Å². The summed E-state index contributed by atoms with van der Waals surface area (Å²) in [4.78, 5) is 32.4. The molecular formula is C23H30N10O2. The Morgan fingerprint density at radius 3 is 2.80 bits per heavy atom. The van der Waals surface area contributed by atoms with Gasteiger partial charge >= 0.3 is 6.03 Å². The van der Waals surface area contributed by atoms with Gasteiger partial charge < -0.3 is 25.6 Å². The number of carbonyl (C=O) groups excluding carboxylic acids is 1. The molecule has 6 rings (SSSR count). The smallest absolute Gasteiger partial charge is 0.321 e. The lowest BCUT2D eigenvalue weighted by Crippen LogP contribution is -2.50. The fourth-order valence-corrected chi connectivity index (χ4v) is 5.56. The first-order chi connectivity index (χ1) is 17.0. The number of rotatable bonds is 2. The number of pyridine rings is 1. The van der Waals surface area contributed by atoms with Crippen molar-refractivity contribution in [3.05, 3.63) is 24.5 Å². The number of anilines is 4. The number of piperidine rings is 1. The molecule has 12 heteroatoms. The van der Waals surface area contributed by atoms with Crippen LogP contribution < -0.4 is 25.8 Å². The van der Waals surface area contributed by atoms with E-state index in [9.17, 15) is 4.79 Å². The van der Waals surface area contributed by atoms with Crippen LogP contribution in [0.25, 0.3) is 11.2 Å². The number of nitrogens with zero attached hydrogens (tertiary/aromatic N) is 7. The summed E-state index contributed by atoms with van der Waals surface area (Å²) >= 11 is 0. The quantitative estimate of drug-likeness (QED) is 0.498. The molecule has 0 bridgehead atoms. The monoisotopic (exact) mass is 478 g/mol. The molecule has 3 aromatic heterocycles. The summed E-state index contributed by atoms with van der Waals surface area (Å²) in [5.74, 6) is 2.13. The summed E-state index contributed by atoms with van der Waals surface area (Å²) in [7, 11) is 1.62. The van der Waals surface area contributed by atoms with Crippen molar-refractivity contribution >= 4 is 40.3 Å². The van der Waals surface area contributed by atoms with Gasteiger partial charge in [0.2, 0.25) is 0 Å². The largest absolute Gasteiger partial charge is 0.376 e. The number of ether oxygens (including phenoxy) is 1. The van der Waals surface area contributed by atoms with E-state index < -0.39 is 0 Å². The molecule has 0 aliphatic carbocycles. The molecule has 0 saturated carbocycles. The Labute approximate surface area is 202 Å². The van der Waals surface area contributed by atoms with Gasteiger partial charge in [0.1, 0.15) is 5.82 Å². The number of amides is 2. The highest BCUT2D eigenvalue weighted by atomic mass is 16.5. The van der Waals surface area contributed by atoms with Crippen LogP contribution in [0.1, 0.15) is 19.8 Å². The second-order valence-corrected chi connectivity index (χ2v) is 9.57. The normalized spacial score (nSPS) is 23.7. The Balaban J connectivity index is 1.25. The summed E-state index contributed by atoms with van der Waals surface area (Å²) in [5, 5.41) is 10.3. The zero-order valence-electron chi connectivity index (χ0n) is 19.9. The Bertz CT molecular complexity index is 1250. The van der Waals surface area contributed by atoms with Crippen LogP contribution in [0.3, 0.4) is 0 Å². The van der Waals surface area contributed by atoms with E-state index in [0.29, 0.717) is 35.9 Å². The van der Waals surface area contributed by atoms with Crippen molar-refractivity contribution in [2.45, 2.75) is 31.9 Å². The number of aromatic amines is 1. The van der Waals surface area contributed by atoms with Crippen LogP contribution in [0.15, 0.2) is 24.5 Å². The van der Waals surface area contributed by atoms with Crippen LogP contribution in [0.5, 0.6) is 0 Å². The van der Waals surface area contributed by atoms with Crippen molar-refractivity contribution in [2.24, 2.45) is 11.1 Å². The number of urea groups is 1. The third-order valence-corrected chi connectivity index (χ3v) is 7.74. The molecule has 2 amide bonds. The number of hydrogen-bond donors (Lipinski definition) is 3. The summed E-state index contributed by atoms with van der Waals surface area (Å²) < 4.78 is 5.85. The molecule has 2 fully saturated rings. The van der Waals surface area contributed by atoms with Crippen molar-refractivity contribution in [1.82, 2.24) is 30.5 Å². The first-order valence-electron chi connectivity index (χ1n) is 12.1. The third-order valence-electron chi connectivity index (χ3n) is 7.74. The number of carbonyl (C=O) groups is 1. The van der Waals surface area contributed by atoms with Gasteiger partial charge in [0.25, 0.3) is 0 Å². The zero-order valence-corrected chi connectivity index (χ0v) is 19.9. The van der Waals surface area contributed by atoms with Gasteiger partial charge in [-0.1, -0.05) is 0 Å². The van der Waals surface area contributed by atoms with Gasteiger partial charge in [-0.3, -0.25) is 10.00 Å². The van der Waals surface area contributed by atoms with E-state index in [4.69, 9.17) is 20.4 Å². The molecule has 2 atom stereocenters. The summed E-state index contributed by atoms with van der Waals surface area (Å²) in [6, 6.07) is 3.61. The van der Waals surface area contributed by atoms with E-state index >= 15 is 0 Å². The fraction of sp³-hybridized carbons (Fsp3) is 0.522. The molecule has 3 aromatic rings. The highest BCUT2D eigenvalue weighted by Gasteiger charge is 2.47. The summed E-state index contributed by atoms with van der Waals surface area (Å²) in [5.41, 5.74) is 8.55. The lowest BCUT2D eigenvalue weighted by molar-refractivity contribution is 0.0974. The molecule has 0 radical (unpaired) electrons. The Kier molecular flexibility index (Phi) is 5.22. The van der Waals surface area contributed by atoms with Crippen molar-refractivity contribution in [3.63, 3.8) is 0 Å². The average molecular weight is 479 g/mol. The number of H-pyrrole nitrogens is 1. The predicted molar refractivity (Wildman–Crippen MR) is 132 cm³/mol. The average Bonchev–Trinajstić information content (AvgIpc) is 3.44. The van der Waals surface area contributed by atoms with E-state index in [-0.39, 0.29) is 23.6 Å². The summed E-state index contributed by atoms with van der Waals surface area (Å²) in [6.07, 6.45) is 5.59. The van der Waals surface area contributed by atoms with Crippen molar-refractivity contribution < 1.29 is 9.53 Å². The van der Waals surface area contributed by atoms with E-state index in [1.807, 2.05) is 23.2 Å². The number of nitrogens with one attached hydrogen (secondary N) is 2. The van der Waals surface area contributed by atoms with Crippen LogP contribution in [-0.2, 0) is 4.74 Å². The molecule has 6 heterocycles. The van der Waals surface area contributed by atoms with E-state index in [2.05, 4.69) is 32.3 Å². The topological polar surface area (TPSA) is 141 Å². The van der Waals surface area contributed by atoms with Crippen LogP contribution in [0, 0.1) is 5.41 Å². The third kappa shape index (κ3) is 3.47. The highest BCUT2D eigenvalue weighted by Crippen LogP contribution is 2.42. The maximum atomic E-state index is 12.3. The van der Waals surface area contributed by atoms with E-state index in [0.717, 1.165) is 44.0 Å². The fourth-order valence-electron chi connectivity index (χ4n) is 5.56. The second-order valence-electron chi connectivity index (χ2n) is 9.57. The minimum atomic E-state index is -0.168. The van der Waals surface area contributed by atoms with Gasteiger partial charge in [-0.15, -0.1) is 0 Å². The Morgan fingerprint density at radius 1 is 1.23 bits per heavy atom. The molecule has 0 aromatic carbocycles. The Hall–Kier alpha value is -3.51. The van der Waals surface area contributed by atoms with Gasteiger partial charge in [0.05, 0.1) is 24.6 Å². The van der Waals surface area contributed by atoms with Crippen LogP contribution in [0.4, 0.5) is 27.9 Å². The molecule has 184 valence electrons. The molecule has 2 saturated heterocycles. The minimum absolute atomic E-state index is 0.0613. The van der Waals surface area contributed by atoms with Gasteiger partial charge in [-0.25, -0.2) is 19.7 Å². The number of fused-ring (bicyclic) bond motifs is 2. The van der Waals surface area contributed by atoms with E-state index in [1.165, 1.54) is 0 Å². The van der Waals surface area contributed by atoms with Crippen molar-refractivity contribution in [1.29, 1.82) is 0 Å². The lowest BCUT2D eigenvalue weighted by atomic mass is 9.73. The molecule has 12 nitrogen and oxygen atoms in total. The van der Waals surface area contributed by atoms with Gasteiger partial charge in [-0.05, 0) is 31.9 Å². The predicted octanol–water partition coefficient (Wildman–Crippen LogP) is 1.38. The van der Waals surface area contributed by atoms with Crippen molar-refractivity contribution in [3.8, 4) is 0 Å². The standard InChI is InChI=1S/C23H30N10O2/c1-14-18(24)23(13-35-14)5-8-31(9-6-23)16-12-27-17-19(28-16)29-30-21(17)33-11-10-32(22(34)25-2)15-4-3-7-26-20(15)33/h3-4,7,12,14,18H,5-6,8-11,13,24H2,1-2H3,(H,25,34)(H,28,29,30)/t14-,18+/m0/s1. The summed E-state index contributed by atoms with van der Waals surface area (Å²) in [6.45, 7) is 5.56. The van der Waals surface area contributed by atoms with Crippen LogP contribution >= 0.6 is 0 Å². The van der Waals surface area contributed by atoms with Gasteiger partial charge in [-0.2, -0.15) is 5.10 Å². The molecule has 0 unspecified atom stereocenters. The second kappa shape index (κ2) is 8.31. The number of nitrogens with two attached hydrogens (primary N) is 1. The molecule has 35 heavy (non-hydrogen) atoms. The SMILES string of the molecule is CNC(=O)N1CCN(c2n[nH]c3nc(N4CCC5(CC4)CO[C@@H](C)[C@H]5N)cnc23)c2ncccc21. The van der Waals surface area contributed by atoms with Gasteiger partial charge in [0.15, 0.2) is 22.8 Å². The molecule has 4 N–H and O–H groups in total. The molecule has 3 aliphatic heterocycles. The molecule has 3 aliphatic rings. The number of aromatic nitrogens is 5. The van der Waals surface area contributed by atoms with Crippen molar-refractivity contribution in [2.75, 3.05) is 54.5 Å². The minimum Gasteiger partial charge on any atom is -0.376 e. The first kappa shape index (κ1) is 22.0. The maximum Gasteiger partial charge on any atom is 0.321 e. The first-order valence-corrected chi connectivity index (χ1v) is 12.1. The maximum absolute atomic E-state index is 12.3. The Morgan fingerprint density at radius 2 is 2.06 bits per heavy atom. The van der Waals surface area contributed by atoms with Crippen LogP contribution in [-0.4, -0.2) is 83.2 Å².